The van der Waals surface area contributed by atoms with E-state index in [4.69, 9.17) is 4.74 Å². The Morgan fingerprint density at radius 2 is 2.00 bits per heavy atom. The van der Waals surface area contributed by atoms with Crippen LogP contribution in [0.25, 0.3) is 11.4 Å². The van der Waals surface area contributed by atoms with Crippen molar-refractivity contribution in [2.24, 2.45) is 0 Å². The fourth-order valence-electron chi connectivity index (χ4n) is 2.72. The van der Waals surface area contributed by atoms with Gasteiger partial charge in [0.05, 0.1) is 11.7 Å². The van der Waals surface area contributed by atoms with Gasteiger partial charge in [0, 0.05) is 22.5 Å². The van der Waals surface area contributed by atoms with E-state index in [1.165, 1.54) is 4.80 Å². The maximum absolute atomic E-state index is 12.4. The van der Waals surface area contributed by atoms with Gasteiger partial charge in [-0.25, -0.2) is 4.79 Å². The summed E-state index contributed by atoms with van der Waals surface area (Å²) in [6.07, 6.45) is -0.202. The number of nitrogens with one attached hydrogen (secondary N) is 1. The zero-order chi connectivity index (χ0) is 19.6. The Hall–Kier alpha value is -3.29. The first-order valence-electron chi connectivity index (χ1n) is 8.62. The van der Waals surface area contributed by atoms with Crippen LogP contribution in [0, 0.1) is 13.8 Å². The highest BCUT2D eigenvalue weighted by Crippen LogP contribution is 2.17. The van der Waals surface area contributed by atoms with Crippen molar-refractivity contribution in [2.45, 2.75) is 40.3 Å². The molecule has 0 bridgehead atoms. The number of aryl methyl sites for hydroxylation is 2. The van der Waals surface area contributed by atoms with E-state index >= 15 is 0 Å². The number of ketones is 1. The van der Waals surface area contributed by atoms with E-state index in [-0.39, 0.29) is 18.4 Å². The topological polar surface area (TPSA) is 103 Å². The van der Waals surface area contributed by atoms with E-state index in [0.29, 0.717) is 22.5 Å². The summed E-state index contributed by atoms with van der Waals surface area (Å²) in [6.45, 7) is 7.31. The Kier molecular flexibility index (Phi) is 5.16. The molecule has 3 rings (SSSR count). The smallest absolute Gasteiger partial charge is 0.338 e. The van der Waals surface area contributed by atoms with Crippen LogP contribution in [0.4, 0.5) is 0 Å². The predicted octanol–water partition coefficient (Wildman–Crippen LogP) is 2.73. The number of Topliss-reactive ketones (excluding diaryl/α,β-unsaturated/α-hetero) is 1. The number of rotatable bonds is 6. The van der Waals surface area contributed by atoms with Gasteiger partial charge in [-0.3, -0.25) is 4.79 Å². The minimum atomic E-state index is -0.410. The molecule has 0 radical (unpaired) electrons. The summed E-state index contributed by atoms with van der Waals surface area (Å²) in [5.74, 6) is -0.174. The maximum atomic E-state index is 12.4. The van der Waals surface area contributed by atoms with Crippen LogP contribution in [0.3, 0.4) is 0 Å². The van der Waals surface area contributed by atoms with Gasteiger partial charge < -0.3 is 9.72 Å². The van der Waals surface area contributed by atoms with Crippen molar-refractivity contribution in [3.8, 4) is 11.4 Å². The van der Waals surface area contributed by atoms with Crippen molar-refractivity contribution in [1.29, 1.82) is 0 Å². The second kappa shape index (κ2) is 7.53. The summed E-state index contributed by atoms with van der Waals surface area (Å²) in [7, 11) is 0. The Morgan fingerprint density at radius 3 is 2.67 bits per heavy atom. The molecule has 0 aliphatic carbocycles. The van der Waals surface area contributed by atoms with Crippen LogP contribution in [0.15, 0.2) is 30.3 Å². The van der Waals surface area contributed by atoms with Gasteiger partial charge in [-0.15, -0.1) is 10.2 Å². The fraction of sp³-hybridized carbons (Fsp3) is 0.316. The molecule has 140 valence electrons. The second-order valence-corrected chi connectivity index (χ2v) is 6.59. The molecule has 0 spiro atoms. The number of H-pyrrole nitrogens is 1. The van der Waals surface area contributed by atoms with Gasteiger partial charge in [0.15, 0.2) is 5.78 Å². The third-order valence-electron chi connectivity index (χ3n) is 3.89. The first-order valence-corrected chi connectivity index (χ1v) is 8.62. The second-order valence-electron chi connectivity index (χ2n) is 6.59. The van der Waals surface area contributed by atoms with Gasteiger partial charge in [-0.05, 0) is 51.1 Å². The molecule has 0 aliphatic rings. The lowest BCUT2D eigenvalue weighted by atomic mass is 10.1. The van der Waals surface area contributed by atoms with Crippen molar-refractivity contribution in [3.05, 3.63) is 52.8 Å². The van der Waals surface area contributed by atoms with Gasteiger partial charge in [0.1, 0.15) is 6.54 Å². The summed E-state index contributed by atoms with van der Waals surface area (Å²) < 4.78 is 5.20. The molecular formula is C19H21N5O3. The largest absolute Gasteiger partial charge is 0.459 e. The van der Waals surface area contributed by atoms with Gasteiger partial charge in [-0.2, -0.15) is 4.80 Å². The van der Waals surface area contributed by atoms with Crippen LogP contribution in [0.1, 0.15) is 46.0 Å². The molecule has 2 heterocycles. The summed E-state index contributed by atoms with van der Waals surface area (Å²) in [4.78, 5) is 28.8. The number of hydrogen-bond donors (Lipinski definition) is 1. The first kappa shape index (κ1) is 18.5. The summed E-state index contributed by atoms with van der Waals surface area (Å²) >= 11 is 0. The Balaban J connectivity index is 1.77. The van der Waals surface area contributed by atoms with E-state index in [1.54, 1.807) is 44.2 Å². The zero-order valence-electron chi connectivity index (χ0n) is 15.7. The number of carbonyl (C=O) groups excluding carboxylic acids is 2. The van der Waals surface area contributed by atoms with Gasteiger partial charge in [-0.1, -0.05) is 12.1 Å². The monoisotopic (exact) mass is 367 g/mol. The number of tetrazole rings is 1. The predicted molar refractivity (Wildman–Crippen MR) is 98.4 cm³/mol. The minimum absolute atomic E-state index is 0.0137. The van der Waals surface area contributed by atoms with E-state index in [9.17, 15) is 9.59 Å². The van der Waals surface area contributed by atoms with Crippen LogP contribution in [0.2, 0.25) is 0 Å². The number of benzene rings is 1. The minimum Gasteiger partial charge on any atom is -0.459 e. The lowest BCUT2D eigenvalue weighted by molar-refractivity contribution is 0.0378. The molecule has 27 heavy (non-hydrogen) atoms. The Labute approximate surface area is 156 Å². The number of ether oxygens (including phenoxy) is 1. The Bertz CT molecular complexity index is 987. The highest BCUT2D eigenvalue weighted by atomic mass is 16.5. The van der Waals surface area contributed by atoms with Crippen LogP contribution in [-0.2, 0) is 11.3 Å². The third-order valence-corrected chi connectivity index (χ3v) is 3.89. The first-order chi connectivity index (χ1) is 12.8. The number of carbonyl (C=O) groups is 2. The molecule has 8 nitrogen and oxygen atoms in total. The molecule has 8 heteroatoms. The van der Waals surface area contributed by atoms with Crippen molar-refractivity contribution in [2.75, 3.05) is 0 Å². The van der Waals surface area contributed by atoms with Crippen LogP contribution in [0.5, 0.6) is 0 Å². The van der Waals surface area contributed by atoms with Crippen molar-refractivity contribution in [1.82, 2.24) is 25.2 Å². The number of aromatic amines is 1. The van der Waals surface area contributed by atoms with Crippen molar-refractivity contribution >= 4 is 11.8 Å². The molecule has 0 unspecified atom stereocenters. The average molecular weight is 367 g/mol. The standard InChI is InChI=1S/C19H21N5O3/c1-11(2)27-19(26)15-7-5-6-14(9-15)18-21-23-24(22-18)10-17(25)16-8-12(3)20-13(16)4/h5-9,11,20H,10H2,1-4H3. The van der Waals surface area contributed by atoms with E-state index in [0.717, 1.165) is 11.4 Å². The van der Waals surface area contributed by atoms with Gasteiger partial charge in [0.2, 0.25) is 5.82 Å². The summed E-state index contributed by atoms with van der Waals surface area (Å²) in [5.41, 5.74) is 3.39. The molecule has 0 fully saturated rings. The van der Waals surface area contributed by atoms with Gasteiger partial charge in [0.25, 0.3) is 0 Å². The Morgan fingerprint density at radius 1 is 1.22 bits per heavy atom. The lowest BCUT2D eigenvalue weighted by Gasteiger charge is -2.08. The number of aromatic nitrogens is 5. The number of esters is 1. The molecule has 0 aliphatic heterocycles. The molecule has 0 amide bonds. The molecule has 1 aromatic carbocycles. The van der Waals surface area contributed by atoms with Crippen molar-refractivity contribution < 1.29 is 14.3 Å². The molecule has 0 saturated heterocycles. The number of hydrogen-bond acceptors (Lipinski definition) is 6. The van der Waals surface area contributed by atoms with Gasteiger partial charge >= 0.3 is 5.97 Å². The lowest BCUT2D eigenvalue weighted by Crippen LogP contribution is -2.13. The average Bonchev–Trinajstić information content (AvgIpc) is 3.20. The van der Waals surface area contributed by atoms with Crippen LogP contribution >= 0.6 is 0 Å². The summed E-state index contributed by atoms with van der Waals surface area (Å²) in [6, 6.07) is 8.62. The molecule has 1 N–H and O–H groups in total. The van der Waals surface area contributed by atoms with E-state index < -0.39 is 5.97 Å². The summed E-state index contributed by atoms with van der Waals surface area (Å²) in [5, 5.41) is 12.2. The molecular weight excluding hydrogens is 346 g/mol. The molecule has 0 saturated carbocycles. The quantitative estimate of drug-likeness (QED) is 0.531. The molecule has 0 atom stereocenters. The van der Waals surface area contributed by atoms with E-state index in [2.05, 4.69) is 20.4 Å². The van der Waals surface area contributed by atoms with Crippen LogP contribution in [-0.4, -0.2) is 43.0 Å². The van der Waals surface area contributed by atoms with Crippen LogP contribution < -0.4 is 0 Å². The SMILES string of the molecule is Cc1cc(C(=O)Cn2nnc(-c3cccc(C(=O)OC(C)C)c3)n2)c(C)[nH]1. The van der Waals surface area contributed by atoms with E-state index in [1.807, 2.05) is 13.8 Å². The highest BCUT2D eigenvalue weighted by Gasteiger charge is 2.16. The zero-order valence-corrected chi connectivity index (χ0v) is 15.7. The normalized spacial score (nSPS) is 11.0. The maximum Gasteiger partial charge on any atom is 0.338 e. The van der Waals surface area contributed by atoms with Crippen molar-refractivity contribution in [3.63, 3.8) is 0 Å². The fourth-order valence-corrected chi connectivity index (χ4v) is 2.72. The third kappa shape index (κ3) is 4.28. The number of nitrogens with zero attached hydrogens (tertiary/aromatic N) is 4. The molecule has 3 aromatic rings. The highest BCUT2D eigenvalue weighted by molar-refractivity contribution is 5.97. The molecule has 2 aromatic heterocycles.